The standard InChI is InChI=1S/C27H24FN5O3/c1-18-15-22(16-30-31-27(34)17-29-24-9-7-23(28)8-10-24)19(2)32(18)25-11-3-20(4-12-25)21-5-13-26(14-6-21)33(35)36/h3-16,29H,17H2,1-2H3,(H,31,34)/b30-16-. The molecule has 0 unspecified atom stereocenters. The summed E-state index contributed by atoms with van der Waals surface area (Å²) in [6.45, 7) is 3.96. The number of aromatic nitrogens is 1. The first-order valence-electron chi connectivity index (χ1n) is 11.2. The van der Waals surface area contributed by atoms with Crippen molar-refractivity contribution >= 4 is 23.5 Å². The zero-order valence-corrected chi connectivity index (χ0v) is 19.7. The van der Waals surface area contributed by atoms with Gasteiger partial charge >= 0.3 is 0 Å². The number of hydrogen-bond acceptors (Lipinski definition) is 5. The fourth-order valence-electron chi connectivity index (χ4n) is 3.86. The molecule has 0 saturated heterocycles. The van der Waals surface area contributed by atoms with Crippen LogP contribution >= 0.6 is 0 Å². The summed E-state index contributed by atoms with van der Waals surface area (Å²) in [5.41, 5.74) is 8.81. The van der Waals surface area contributed by atoms with Crippen LogP contribution < -0.4 is 10.7 Å². The molecule has 0 aliphatic rings. The lowest BCUT2D eigenvalue weighted by Gasteiger charge is -2.11. The Kier molecular flexibility index (Phi) is 7.20. The summed E-state index contributed by atoms with van der Waals surface area (Å²) in [6.07, 6.45) is 1.60. The molecule has 0 atom stereocenters. The number of hydrogen-bond donors (Lipinski definition) is 2. The van der Waals surface area contributed by atoms with Crippen LogP contribution in [0.15, 0.2) is 84.0 Å². The molecule has 0 saturated carbocycles. The molecule has 0 aliphatic carbocycles. The van der Waals surface area contributed by atoms with Crippen LogP contribution in [0, 0.1) is 29.8 Å². The van der Waals surface area contributed by atoms with Gasteiger partial charge in [-0.15, -0.1) is 0 Å². The third-order valence-corrected chi connectivity index (χ3v) is 5.70. The van der Waals surface area contributed by atoms with E-state index in [1.165, 1.54) is 24.3 Å². The summed E-state index contributed by atoms with van der Waals surface area (Å²) in [6, 6.07) is 22.1. The van der Waals surface area contributed by atoms with Crippen molar-refractivity contribution in [1.82, 2.24) is 9.99 Å². The van der Waals surface area contributed by atoms with Gasteiger partial charge in [-0.2, -0.15) is 5.10 Å². The van der Waals surface area contributed by atoms with Crippen molar-refractivity contribution < 1.29 is 14.1 Å². The van der Waals surface area contributed by atoms with Crippen LogP contribution in [0.5, 0.6) is 0 Å². The molecule has 2 N–H and O–H groups in total. The van der Waals surface area contributed by atoms with Gasteiger partial charge in [0.2, 0.25) is 0 Å². The van der Waals surface area contributed by atoms with Gasteiger partial charge in [0.1, 0.15) is 5.82 Å². The summed E-state index contributed by atoms with van der Waals surface area (Å²) in [5, 5.41) is 17.8. The van der Waals surface area contributed by atoms with E-state index in [0.29, 0.717) is 5.69 Å². The van der Waals surface area contributed by atoms with E-state index in [1.54, 1.807) is 30.5 Å². The smallest absolute Gasteiger partial charge is 0.269 e. The number of rotatable bonds is 8. The number of nitro groups is 1. The summed E-state index contributed by atoms with van der Waals surface area (Å²) >= 11 is 0. The Hall–Kier alpha value is -4.79. The number of aryl methyl sites for hydroxylation is 1. The molecule has 0 radical (unpaired) electrons. The predicted octanol–water partition coefficient (Wildman–Crippen LogP) is 5.37. The fraction of sp³-hybridized carbons (Fsp3) is 0.111. The largest absolute Gasteiger partial charge is 0.376 e. The highest BCUT2D eigenvalue weighted by molar-refractivity contribution is 5.85. The van der Waals surface area contributed by atoms with Crippen molar-refractivity contribution in [2.75, 3.05) is 11.9 Å². The van der Waals surface area contributed by atoms with Crippen LogP contribution in [-0.2, 0) is 4.79 Å². The number of nitro benzene ring substituents is 1. The number of halogens is 1. The molecule has 182 valence electrons. The second kappa shape index (κ2) is 10.6. The van der Waals surface area contributed by atoms with Gasteiger partial charge in [0.25, 0.3) is 11.6 Å². The van der Waals surface area contributed by atoms with E-state index in [0.717, 1.165) is 33.8 Å². The van der Waals surface area contributed by atoms with Crippen molar-refractivity contribution in [3.05, 3.63) is 112 Å². The van der Waals surface area contributed by atoms with E-state index in [4.69, 9.17) is 0 Å². The second-order valence-corrected chi connectivity index (χ2v) is 8.17. The van der Waals surface area contributed by atoms with E-state index in [2.05, 4.69) is 20.4 Å². The average molecular weight is 486 g/mol. The molecule has 0 spiro atoms. The molecule has 3 aromatic carbocycles. The quantitative estimate of drug-likeness (QED) is 0.199. The zero-order chi connectivity index (χ0) is 25.7. The first kappa shape index (κ1) is 24.3. The van der Waals surface area contributed by atoms with Gasteiger partial charge in [-0.25, -0.2) is 9.82 Å². The number of amides is 1. The molecular weight excluding hydrogens is 461 g/mol. The maximum atomic E-state index is 13.0. The Morgan fingerprint density at radius 2 is 1.61 bits per heavy atom. The molecule has 36 heavy (non-hydrogen) atoms. The molecule has 1 aromatic heterocycles. The molecule has 1 heterocycles. The number of non-ortho nitro benzene ring substituents is 1. The molecule has 4 aromatic rings. The minimum absolute atomic E-state index is 0.00308. The molecule has 0 bridgehead atoms. The van der Waals surface area contributed by atoms with Crippen molar-refractivity contribution in [1.29, 1.82) is 0 Å². The molecule has 0 aliphatic heterocycles. The first-order valence-corrected chi connectivity index (χ1v) is 11.2. The van der Waals surface area contributed by atoms with Crippen LogP contribution in [-0.4, -0.2) is 28.2 Å². The molecule has 4 rings (SSSR count). The second-order valence-electron chi connectivity index (χ2n) is 8.17. The van der Waals surface area contributed by atoms with Gasteiger partial charge in [-0.3, -0.25) is 14.9 Å². The summed E-state index contributed by atoms with van der Waals surface area (Å²) in [7, 11) is 0. The van der Waals surface area contributed by atoms with Crippen LogP contribution in [0.3, 0.4) is 0 Å². The van der Waals surface area contributed by atoms with Crippen LogP contribution in [0.1, 0.15) is 17.0 Å². The summed E-state index contributed by atoms with van der Waals surface area (Å²) in [4.78, 5) is 22.5. The Bertz CT molecular complexity index is 1410. The maximum Gasteiger partial charge on any atom is 0.269 e. The minimum atomic E-state index is -0.415. The number of carbonyl (C=O) groups excluding carboxylic acids is 1. The number of nitrogens with zero attached hydrogens (tertiary/aromatic N) is 3. The van der Waals surface area contributed by atoms with E-state index >= 15 is 0 Å². The summed E-state index contributed by atoms with van der Waals surface area (Å²) < 4.78 is 15.0. The lowest BCUT2D eigenvalue weighted by molar-refractivity contribution is -0.384. The van der Waals surface area contributed by atoms with Gasteiger partial charge in [-0.05, 0) is 79.6 Å². The number of nitrogens with one attached hydrogen (secondary N) is 2. The van der Waals surface area contributed by atoms with E-state index in [1.807, 2.05) is 44.2 Å². The topological polar surface area (TPSA) is 102 Å². The highest BCUT2D eigenvalue weighted by Gasteiger charge is 2.11. The van der Waals surface area contributed by atoms with Crippen LogP contribution in [0.4, 0.5) is 15.8 Å². The number of carbonyl (C=O) groups is 1. The van der Waals surface area contributed by atoms with E-state index in [-0.39, 0.29) is 24.0 Å². The molecule has 0 fully saturated rings. The van der Waals surface area contributed by atoms with Crippen molar-refractivity contribution in [3.8, 4) is 16.8 Å². The SMILES string of the molecule is Cc1cc(/C=N\NC(=O)CNc2ccc(F)cc2)c(C)n1-c1ccc(-c2ccc([N+](=O)[O-])cc2)cc1. The zero-order valence-electron chi connectivity index (χ0n) is 19.7. The van der Waals surface area contributed by atoms with Gasteiger partial charge in [0.15, 0.2) is 0 Å². The van der Waals surface area contributed by atoms with Gasteiger partial charge in [-0.1, -0.05) is 12.1 Å². The normalized spacial score (nSPS) is 11.0. The third-order valence-electron chi connectivity index (χ3n) is 5.70. The Morgan fingerprint density at radius 1 is 1.00 bits per heavy atom. The van der Waals surface area contributed by atoms with E-state index < -0.39 is 4.92 Å². The van der Waals surface area contributed by atoms with E-state index in [9.17, 15) is 19.3 Å². The average Bonchev–Trinajstić information content (AvgIpc) is 3.16. The number of benzene rings is 3. The Morgan fingerprint density at radius 3 is 2.22 bits per heavy atom. The highest BCUT2D eigenvalue weighted by Crippen LogP contribution is 2.25. The predicted molar refractivity (Wildman–Crippen MR) is 138 cm³/mol. The Labute approximate surface area is 207 Å². The van der Waals surface area contributed by atoms with Gasteiger partial charge in [0, 0.05) is 40.5 Å². The lowest BCUT2D eigenvalue weighted by atomic mass is 10.0. The third kappa shape index (κ3) is 5.64. The molecular formula is C27H24FN5O3. The summed E-state index contributed by atoms with van der Waals surface area (Å²) in [5.74, 6) is -0.668. The molecule has 8 nitrogen and oxygen atoms in total. The molecule has 9 heteroatoms. The fourth-order valence-corrected chi connectivity index (χ4v) is 3.86. The van der Waals surface area contributed by atoms with Gasteiger partial charge in [0.05, 0.1) is 17.7 Å². The first-order chi connectivity index (χ1) is 17.3. The lowest BCUT2D eigenvalue weighted by Crippen LogP contribution is -2.25. The highest BCUT2D eigenvalue weighted by atomic mass is 19.1. The number of anilines is 1. The van der Waals surface area contributed by atoms with Crippen molar-refractivity contribution in [2.45, 2.75) is 13.8 Å². The monoisotopic (exact) mass is 485 g/mol. The van der Waals surface area contributed by atoms with Crippen LogP contribution in [0.25, 0.3) is 16.8 Å². The molecule has 1 amide bonds. The number of hydrazone groups is 1. The Balaban J connectivity index is 1.41. The van der Waals surface area contributed by atoms with Crippen LogP contribution in [0.2, 0.25) is 0 Å². The van der Waals surface area contributed by atoms with Gasteiger partial charge < -0.3 is 9.88 Å². The minimum Gasteiger partial charge on any atom is -0.376 e. The maximum absolute atomic E-state index is 13.0. The van der Waals surface area contributed by atoms with Crippen molar-refractivity contribution in [2.24, 2.45) is 5.10 Å². The van der Waals surface area contributed by atoms with Crippen molar-refractivity contribution in [3.63, 3.8) is 0 Å².